The summed E-state index contributed by atoms with van der Waals surface area (Å²) < 4.78 is 28.0. The molecule has 0 radical (unpaired) electrons. The summed E-state index contributed by atoms with van der Waals surface area (Å²) in [6.45, 7) is 0.798. The number of aliphatic hydroxyl groups excluding tert-OH is 8. The Morgan fingerprint density at radius 2 is 1.44 bits per heavy atom. The van der Waals surface area contributed by atoms with Crippen LogP contribution in [0.15, 0.2) is 12.2 Å². The Morgan fingerprint density at radius 1 is 0.833 bits per heavy atom. The predicted octanol–water partition coefficient (Wildman–Crippen LogP) is -0.788. The largest absolute Gasteiger partial charge is 0.469 e. The van der Waals surface area contributed by atoms with Crippen LogP contribution in [0.5, 0.6) is 0 Å². The van der Waals surface area contributed by atoms with Gasteiger partial charge in [0, 0.05) is 24.7 Å². The maximum atomic E-state index is 13.4. The molecule has 2 aliphatic heterocycles. The van der Waals surface area contributed by atoms with Crippen molar-refractivity contribution in [2.24, 2.45) is 11.8 Å². The Morgan fingerprint density at radius 3 is 2.04 bits per heavy atom. The van der Waals surface area contributed by atoms with Gasteiger partial charge in [0.1, 0.15) is 54.6 Å². The summed E-state index contributed by atoms with van der Waals surface area (Å²) in [5, 5.41) is 81.4. The van der Waals surface area contributed by atoms with Crippen LogP contribution >= 0.6 is 0 Å². The maximum Gasteiger partial charge on any atom is 0.305 e. The van der Waals surface area contributed by atoms with E-state index in [4.69, 9.17) is 18.9 Å². The Bertz CT molecular complexity index is 992. The molecule has 3 aliphatic rings. The van der Waals surface area contributed by atoms with Gasteiger partial charge in [0.15, 0.2) is 12.6 Å². The molecular weight excluding hydrogens is 636 g/mol. The van der Waals surface area contributed by atoms with Crippen molar-refractivity contribution in [3.63, 3.8) is 0 Å². The second-order valence-electron chi connectivity index (χ2n) is 13.0. The van der Waals surface area contributed by atoms with Crippen molar-refractivity contribution in [2.75, 3.05) is 20.3 Å². The zero-order chi connectivity index (χ0) is 35.4. The van der Waals surface area contributed by atoms with E-state index in [-0.39, 0.29) is 18.2 Å². The van der Waals surface area contributed by atoms with E-state index in [1.807, 2.05) is 6.92 Å². The van der Waals surface area contributed by atoms with Crippen LogP contribution < -0.4 is 0 Å². The van der Waals surface area contributed by atoms with E-state index in [2.05, 4.69) is 4.74 Å². The second kappa shape index (κ2) is 20.3. The Labute approximate surface area is 281 Å². The highest BCUT2D eigenvalue weighted by Gasteiger charge is 2.49. The molecule has 8 N–H and O–H groups in total. The number of ketones is 1. The fraction of sp³-hybridized carbons (Fsp3) is 0.879. The monoisotopic (exact) mass is 692 g/mol. The van der Waals surface area contributed by atoms with Gasteiger partial charge in [-0.25, -0.2) is 0 Å². The van der Waals surface area contributed by atoms with Gasteiger partial charge >= 0.3 is 5.97 Å². The Kier molecular flexibility index (Phi) is 17.3. The molecule has 1 aliphatic carbocycles. The molecular formula is C33H56O15. The average molecular weight is 693 g/mol. The van der Waals surface area contributed by atoms with Crippen molar-refractivity contribution in [2.45, 2.75) is 151 Å². The van der Waals surface area contributed by atoms with Crippen molar-refractivity contribution in [3.05, 3.63) is 12.2 Å². The van der Waals surface area contributed by atoms with E-state index in [0.717, 1.165) is 32.1 Å². The number of methoxy groups -OCH3 is 1. The fourth-order valence-corrected chi connectivity index (χ4v) is 6.56. The molecule has 15 nitrogen and oxygen atoms in total. The lowest BCUT2D eigenvalue weighted by molar-refractivity contribution is -0.312. The Balaban J connectivity index is 1.80. The zero-order valence-electron chi connectivity index (χ0n) is 27.9. The molecule has 0 unspecified atom stereocenters. The molecule has 48 heavy (non-hydrogen) atoms. The van der Waals surface area contributed by atoms with Crippen LogP contribution in [-0.4, -0.2) is 147 Å². The van der Waals surface area contributed by atoms with Crippen molar-refractivity contribution in [3.8, 4) is 0 Å². The van der Waals surface area contributed by atoms with E-state index in [9.17, 15) is 50.4 Å². The third-order valence-corrected chi connectivity index (χ3v) is 9.54. The lowest BCUT2D eigenvalue weighted by Crippen LogP contribution is -2.59. The van der Waals surface area contributed by atoms with E-state index >= 15 is 0 Å². The van der Waals surface area contributed by atoms with Gasteiger partial charge in [-0.1, -0.05) is 57.6 Å². The number of unbranched alkanes of at least 4 members (excludes halogenated alkanes) is 5. The summed E-state index contributed by atoms with van der Waals surface area (Å²) in [5.41, 5.74) is 0. The van der Waals surface area contributed by atoms with Gasteiger partial charge in [-0.3, -0.25) is 9.59 Å². The summed E-state index contributed by atoms with van der Waals surface area (Å²) >= 11 is 0. The van der Waals surface area contributed by atoms with Gasteiger partial charge in [0.05, 0.1) is 32.5 Å². The number of carbonyl (C=O) groups is 2. The minimum absolute atomic E-state index is 0.0227. The van der Waals surface area contributed by atoms with Crippen LogP contribution in [0.25, 0.3) is 0 Å². The molecule has 1 saturated carbocycles. The summed E-state index contributed by atoms with van der Waals surface area (Å²) in [7, 11) is 1.34. The molecule has 15 heteroatoms. The normalized spacial score (nSPS) is 38.0. The summed E-state index contributed by atoms with van der Waals surface area (Å²) in [5.74, 6) is -1.38. The zero-order valence-corrected chi connectivity index (χ0v) is 27.9. The summed E-state index contributed by atoms with van der Waals surface area (Å²) in [4.78, 5) is 24.8. The molecule has 3 rings (SSSR count). The van der Waals surface area contributed by atoms with Crippen LogP contribution in [0, 0.1) is 11.8 Å². The first-order valence-corrected chi connectivity index (χ1v) is 17.2. The quantitative estimate of drug-likeness (QED) is 0.0470. The standard InChI is InChI=1S/C33H56O15/c1-3-4-7-10-18(45-32-30(42)28(40)26(38)23(16-34)47-32)13-14-20-19(11-8-5-6-9-12-25(37)44-2)21(36)15-22(20)46-33-31(43)29(41)27(39)24(17-35)48-33/h13-14,18-20,22-24,26-35,38-43H,3-12,15-17H2,1-2H3/b14-13+/t18-,19+,20+,22+,23+,24+,26+,27+,28-,29-,30+,31+,32+,33+/m0/s1. The number of Topliss-reactive ketones (excluding diaryl/α,β-unsaturated/α-hetero) is 1. The minimum atomic E-state index is -1.65. The van der Waals surface area contributed by atoms with Gasteiger partial charge in [-0.05, 0) is 19.3 Å². The van der Waals surface area contributed by atoms with Crippen LogP contribution in [0.3, 0.4) is 0 Å². The Hall–Kier alpha value is -1.60. The highest BCUT2D eigenvalue weighted by Crippen LogP contribution is 2.38. The molecule has 0 aromatic rings. The molecule has 14 atom stereocenters. The van der Waals surface area contributed by atoms with Crippen LogP contribution in [0.4, 0.5) is 0 Å². The molecule has 2 heterocycles. The molecule has 278 valence electrons. The second-order valence-corrected chi connectivity index (χ2v) is 13.0. The number of esters is 1. The summed E-state index contributed by atoms with van der Waals surface area (Å²) in [6, 6.07) is 0. The lowest BCUT2D eigenvalue weighted by atomic mass is 9.88. The first-order chi connectivity index (χ1) is 23.0. The van der Waals surface area contributed by atoms with Gasteiger partial charge in [0.2, 0.25) is 0 Å². The third kappa shape index (κ3) is 10.9. The van der Waals surface area contributed by atoms with Crippen LogP contribution in [0.2, 0.25) is 0 Å². The number of rotatable bonds is 19. The van der Waals surface area contributed by atoms with Crippen molar-refractivity contribution >= 4 is 11.8 Å². The maximum absolute atomic E-state index is 13.4. The minimum Gasteiger partial charge on any atom is -0.469 e. The first-order valence-electron chi connectivity index (χ1n) is 17.2. The molecule has 3 fully saturated rings. The number of ether oxygens (including phenoxy) is 5. The molecule has 0 bridgehead atoms. The van der Waals surface area contributed by atoms with Crippen LogP contribution in [-0.2, 0) is 33.3 Å². The van der Waals surface area contributed by atoms with E-state index in [1.165, 1.54) is 7.11 Å². The van der Waals surface area contributed by atoms with E-state index in [0.29, 0.717) is 32.1 Å². The van der Waals surface area contributed by atoms with E-state index < -0.39 is 98.7 Å². The summed E-state index contributed by atoms with van der Waals surface area (Å²) in [6.07, 6.45) is -5.95. The van der Waals surface area contributed by atoms with Gasteiger partial charge < -0.3 is 64.5 Å². The average Bonchev–Trinajstić information content (AvgIpc) is 3.37. The highest BCUT2D eigenvalue weighted by atomic mass is 16.7. The van der Waals surface area contributed by atoms with Crippen LogP contribution in [0.1, 0.15) is 77.6 Å². The van der Waals surface area contributed by atoms with Gasteiger partial charge in [-0.15, -0.1) is 0 Å². The SMILES string of the molecule is CCCCC[C@@H](/C=C/[C@H]1[C@H](O[C@@H]2O[C@H](CO)[C@@H](O)[C@H](O)[C@H]2O)CC(=O)[C@@H]1CCCCCCC(=O)OC)O[C@@H]1O[C@H](CO)[C@@H](O)[C@H](O)[C@H]1O. The molecule has 0 amide bonds. The topological polar surface area (TPSA) is 242 Å². The highest BCUT2D eigenvalue weighted by molar-refractivity contribution is 5.84. The van der Waals surface area contributed by atoms with Gasteiger partial charge in [0.25, 0.3) is 0 Å². The lowest BCUT2D eigenvalue weighted by Gasteiger charge is -2.41. The predicted molar refractivity (Wildman–Crippen MR) is 167 cm³/mol. The third-order valence-electron chi connectivity index (χ3n) is 9.54. The number of hydrogen-bond acceptors (Lipinski definition) is 15. The number of aliphatic hydroxyl groups is 8. The molecule has 0 spiro atoms. The van der Waals surface area contributed by atoms with Crippen molar-refractivity contribution in [1.29, 1.82) is 0 Å². The fourth-order valence-electron chi connectivity index (χ4n) is 6.56. The number of hydrogen-bond donors (Lipinski definition) is 8. The smallest absolute Gasteiger partial charge is 0.305 e. The van der Waals surface area contributed by atoms with Crippen molar-refractivity contribution < 1.29 is 74.1 Å². The first kappa shape index (κ1) is 40.8. The molecule has 0 aromatic carbocycles. The molecule has 2 saturated heterocycles. The number of carbonyl (C=O) groups excluding carboxylic acids is 2. The van der Waals surface area contributed by atoms with E-state index in [1.54, 1.807) is 12.2 Å². The molecule has 0 aromatic heterocycles. The van der Waals surface area contributed by atoms with Gasteiger partial charge in [-0.2, -0.15) is 0 Å². The van der Waals surface area contributed by atoms with Crippen molar-refractivity contribution in [1.82, 2.24) is 0 Å².